The second-order valence-corrected chi connectivity index (χ2v) is 8.05. The van der Waals surface area contributed by atoms with Gasteiger partial charge >= 0.3 is 0 Å². The van der Waals surface area contributed by atoms with Gasteiger partial charge in [0.1, 0.15) is 0 Å². The summed E-state index contributed by atoms with van der Waals surface area (Å²) < 4.78 is 0. The highest BCUT2D eigenvalue weighted by Crippen LogP contribution is 2.11. The van der Waals surface area contributed by atoms with Gasteiger partial charge in [-0.25, -0.2) is 0 Å². The Labute approximate surface area is 168 Å². The molecule has 2 heterocycles. The maximum atomic E-state index is 12.5. The van der Waals surface area contributed by atoms with Gasteiger partial charge in [-0.2, -0.15) is 0 Å². The van der Waals surface area contributed by atoms with Crippen molar-refractivity contribution in [1.82, 2.24) is 20.0 Å². The third-order valence-electron chi connectivity index (χ3n) is 5.89. The number of amides is 2. The average molecular weight is 387 g/mol. The molecule has 3 rings (SSSR count). The Morgan fingerprint density at radius 2 is 1.46 bits per heavy atom. The Kier molecular flexibility index (Phi) is 7.86. The van der Waals surface area contributed by atoms with Crippen molar-refractivity contribution in [3.8, 4) is 0 Å². The van der Waals surface area contributed by atoms with Crippen molar-refractivity contribution in [2.75, 3.05) is 52.4 Å². The minimum absolute atomic E-state index is 0.0670. The predicted molar refractivity (Wildman–Crippen MR) is 111 cm³/mol. The van der Waals surface area contributed by atoms with Crippen molar-refractivity contribution in [3.63, 3.8) is 0 Å². The smallest absolute Gasteiger partial charge is 0.236 e. The normalized spacial score (nSPS) is 19.2. The topological polar surface area (TPSA) is 55.9 Å². The number of aryl methyl sites for hydroxylation is 1. The van der Waals surface area contributed by atoms with E-state index < -0.39 is 0 Å². The van der Waals surface area contributed by atoms with Crippen LogP contribution in [0.15, 0.2) is 24.3 Å². The van der Waals surface area contributed by atoms with Gasteiger partial charge in [0.15, 0.2) is 0 Å². The van der Waals surface area contributed by atoms with Gasteiger partial charge in [-0.3, -0.25) is 19.4 Å². The van der Waals surface area contributed by atoms with Crippen LogP contribution in [0.4, 0.5) is 0 Å². The lowest BCUT2D eigenvalue weighted by Gasteiger charge is -2.35. The van der Waals surface area contributed by atoms with E-state index in [4.69, 9.17) is 0 Å². The van der Waals surface area contributed by atoms with Crippen molar-refractivity contribution < 1.29 is 9.59 Å². The number of carbonyl (C=O) groups is 2. The van der Waals surface area contributed by atoms with Gasteiger partial charge in [-0.1, -0.05) is 37.1 Å². The highest BCUT2D eigenvalue weighted by molar-refractivity contribution is 5.78. The Bertz CT molecular complexity index is 648. The van der Waals surface area contributed by atoms with Gasteiger partial charge in [0.05, 0.1) is 13.1 Å². The summed E-state index contributed by atoms with van der Waals surface area (Å²) in [6, 6.07) is 8.13. The molecule has 28 heavy (non-hydrogen) atoms. The summed E-state index contributed by atoms with van der Waals surface area (Å²) in [5, 5.41) is 3.02. The number of nitrogens with one attached hydrogen (secondary N) is 1. The molecule has 2 aliphatic heterocycles. The van der Waals surface area contributed by atoms with E-state index in [9.17, 15) is 9.59 Å². The maximum Gasteiger partial charge on any atom is 0.236 e. The lowest BCUT2D eigenvalue weighted by atomic mass is 10.1. The quantitative estimate of drug-likeness (QED) is 0.807. The first kappa shape index (κ1) is 20.8. The standard InChI is InChI=1S/C22H34N4O2/c1-19-8-4-5-9-20(19)16-23-21(27)17-24-12-14-25(15-13-24)18-22(28)26-10-6-2-3-7-11-26/h4-5,8-9H,2-3,6-7,10-18H2,1H3,(H,23,27). The molecular weight excluding hydrogens is 352 g/mol. The van der Waals surface area contributed by atoms with Gasteiger partial charge in [0.2, 0.25) is 11.8 Å². The Hall–Kier alpha value is -1.92. The third kappa shape index (κ3) is 6.31. The van der Waals surface area contributed by atoms with E-state index in [-0.39, 0.29) is 11.8 Å². The number of hydrogen-bond acceptors (Lipinski definition) is 4. The Morgan fingerprint density at radius 1 is 0.857 bits per heavy atom. The van der Waals surface area contributed by atoms with Gasteiger partial charge in [-0.15, -0.1) is 0 Å². The first-order chi connectivity index (χ1) is 13.6. The molecular formula is C22H34N4O2. The van der Waals surface area contributed by atoms with E-state index in [2.05, 4.69) is 34.2 Å². The van der Waals surface area contributed by atoms with Crippen molar-refractivity contribution in [3.05, 3.63) is 35.4 Å². The van der Waals surface area contributed by atoms with E-state index in [1.54, 1.807) is 0 Å². The molecule has 2 amide bonds. The fourth-order valence-electron chi connectivity index (χ4n) is 3.98. The van der Waals surface area contributed by atoms with Crippen molar-refractivity contribution in [1.29, 1.82) is 0 Å². The number of likely N-dealkylation sites (tertiary alicyclic amines) is 1. The zero-order valence-corrected chi connectivity index (χ0v) is 17.2. The summed E-state index contributed by atoms with van der Waals surface area (Å²) >= 11 is 0. The molecule has 6 heteroatoms. The molecule has 0 bridgehead atoms. The molecule has 0 aromatic heterocycles. The van der Waals surface area contributed by atoms with Crippen LogP contribution in [0.3, 0.4) is 0 Å². The molecule has 0 spiro atoms. The van der Waals surface area contributed by atoms with Crippen LogP contribution >= 0.6 is 0 Å². The lowest BCUT2D eigenvalue weighted by molar-refractivity contribution is -0.133. The monoisotopic (exact) mass is 386 g/mol. The molecule has 154 valence electrons. The molecule has 1 N–H and O–H groups in total. The predicted octanol–water partition coefficient (Wildman–Crippen LogP) is 1.63. The van der Waals surface area contributed by atoms with E-state index in [1.807, 2.05) is 17.0 Å². The van der Waals surface area contributed by atoms with E-state index >= 15 is 0 Å². The molecule has 2 fully saturated rings. The minimum atomic E-state index is 0.0670. The van der Waals surface area contributed by atoms with Gasteiger partial charge in [-0.05, 0) is 30.9 Å². The molecule has 2 aliphatic rings. The molecule has 0 saturated carbocycles. The lowest BCUT2D eigenvalue weighted by Crippen LogP contribution is -2.52. The van der Waals surface area contributed by atoms with Crippen LogP contribution in [0.1, 0.15) is 36.8 Å². The summed E-state index contributed by atoms with van der Waals surface area (Å²) in [6.07, 6.45) is 4.76. The first-order valence-electron chi connectivity index (χ1n) is 10.7. The van der Waals surface area contributed by atoms with Crippen LogP contribution in [-0.2, 0) is 16.1 Å². The highest BCUT2D eigenvalue weighted by atomic mass is 16.2. The summed E-state index contributed by atoms with van der Waals surface area (Å²) in [6.45, 7) is 8.81. The molecule has 0 aliphatic carbocycles. The molecule has 6 nitrogen and oxygen atoms in total. The van der Waals surface area contributed by atoms with Crippen LogP contribution in [0.2, 0.25) is 0 Å². The van der Waals surface area contributed by atoms with Crippen LogP contribution in [-0.4, -0.2) is 78.9 Å². The molecule has 1 aromatic carbocycles. The van der Waals surface area contributed by atoms with Gasteiger partial charge in [0, 0.05) is 45.8 Å². The summed E-state index contributed by atoms with van der Waals surface area (Å²) in [5.74, 6) is 0.337. The van der Waals surface area contributed by atoms with Gasteiger partial charge in [0.25, 0.3) is 0 Å². The van der Waals surface area contributed by atoms with E-state index in [0.717, 1.165) is 57.7 Å². The SMILES string of the molecule is Cc1ccccc1CNC(=O)CN1CCN(CC(=O)N2CCCCCC2)CC1. The minimum Gasteiger partial charge on any atom is -0.351 e. The van der Waals surface area contributed by atoms with Crippen LogP contribution in [0.25, 0.3) is 0 Å². The number of benzene rings is 1. The van der Waals surface area contributed by atoms with Crippen LogP contribution in [0, 0.1) is 6.92 Å². The second kappa shape index (κ2) is 10.6. The van der Waals surface area contributed by atoms with Crippen LogP contribution in [0.5, 0.6) is 0 Å². The van der Waals surface area contributed by atoms with E-state index in [0.29, 0.717) is 19.6 Å². The molecule has 0 radical (unpaired) electrons. The summed E-state index contributed by atoms with van der Waals surface area (Å²) in [5.41, 5.74) is 2.36. The largest absolute Gasteiger partial charge is 0.351 e. The van der Waals surface area contributed by atoms with Crippen molar-refractivity contribution in [2.45, 2.75) is 39.2 Å². The number of nitrogens with zero attached hydrogens (tertiary/aromatic N) is 3. The first-order valence-corrected chi connectivity index (χ1v) is 10.7. The fourth-order valence-corrected chi connectivity index (χ4v) is 3.98. The average Bonchev–Trinajstić information content (AvgIpc) is 2.98. The molecule has 2 saturated heterocycles. The molecule has 0 unspecified atom stereocenters. The molecule has 0 atom stereocenters. The second-order valence-electron chi connectivity index (χ2n) is 8.05. The number of piperazine rings is 1. The number of hydrogen-bond donors (Lipinski definition) is 1. The number of carbonyl (C=O) groups excluding carboxylic acids is 2. The third-order valence-corrected chi connectivity index (χ3v) is 5.89. The highest BCUT2D eigenvalue weighted by Gasteiger charge is 2.23. The van der Waals surface area contributed by atoms with E-state index in [1.165, 1.54) is 18.4 Å². The Morgan fingerprint density at radius 3 is 2.11 bits per heavy atom. The van der Waals surface area contributed by atoms with Gasteiger partial charge < -0.3 is 10.2 Å². The molecule has 1 aromatic rings. The zero-order chi connectivity index (χ0) is 19.8. The van der Waals surface area contributed by atoms with Crippen molar-refractivity contribution >= 4 is 11.8 Å². The Balaban J connectivity index is 1.35. The fraction of sp³-hybridized carbons (Fsp3) is 0.636. The number of rotatable bonds is 6. The van der Waals surface area contributed by atoms with Crippen LogP contribution < -0.4 is 5.32 Å². The van der Waals surface area contributed by atoms with Crippen molar-refractivity contribution in [2.24, 2.45) is 0 Å². The maximum absolute atomic E-state index is 12.5. The summed E-state index contributed by atoms with van der Waals surface area (Å²) in [4.78, 5) is 31.3. The summed E-state index contributed by atoms with van der Waals surface area (Å²) in [7, 11) is 0. The zero-order valence-electron chi connectivity index (χ0n) is 17.2.